The van der Waals surface area contributed by atoms with Gasteiger partial charge in [0.05, 0.1) is 6.04 Å². The van der Waals surface area contributed by atoms with Crippen LogP contribution in [0.1, 0.15) is 57.8 Å². The van der Waals surface area contributed by atoms with E-state index in [0.29, 0.717) is 12.0 Å². The first-order valence-electron chi connectivity index (χ1n) is 8.01. The number of nitrogens with zero attached hydrogens (tertiary/aromatic N) is 3. The standard InChI is InChI=1S/C15H28N4O/c1-4-6-13(19-9-7-16-8-10-19)15-17-14(20-18-15)11-12(3)5-2/h12-13,16H,4-11H2,1-3H3. The van der Waals surface area contributed by atoms with Crippen molar-refractivity contribution in [3.8, 4) is 0 Å². The average Bonchev–Trinajstić information content (AvgIpc) is 2.93. The van der Waals surface area contributed by atoms with E-state index in [0.717, 1.165) is 63.6 Å². The molecule has 0 spiro atoms. The number of nitrogens with one attached hydrogen (secondary N) is 1. The Kier molecular flexibility index (Phi) is 5.98. The quantitative estimate of drug-likeness (QED) is 0.831. The summed E-state index contributed by atoms with van der Waals surface area (Å²) in [6.45, 7) is 10.9. The van der Waals surface area contributed by atoms with Crippen molar-refractivity contribution >= 4 is 0 Å². The van der Waals surface area contributed by atoms with Gasteiger partial charge in [-0.05, 0) is 12.3 Å². The molecule has 20 heavy (non-hydrogen) atoms. The maximum absolute atomic E-state index is 5.45. The Bertz CT molecular complexity index is 387. The highest BCUT2D eigenvalue weighted by Gasteiger charge is 2.25. The van der Waals surface area contributed by atoms with Gasteiger partial charge in [-0.25, -0.2) is 0 Å². The third-order valence-corrected chi connectivity index (χ3v) is 4.16. The highest BCUT2D eigenvalue weighted by molar-refractivity contribution is 4.96. The summed E-state index contributed by atoms with van der Waals surface area (Å²) in [4.78, 5) is 7.14. The van der Waals surface area contributed by atoms with Gasteiger partial charge < -0.3 is 9.84 Å². The van der Waals surface area contributed by atoms with Crippen molar-refractivity contribution in [3.63, 3.8) is 0 Å². The molecule has 1 aromatic heterocycles. The fourth-order valence-corrected chi connectivity index (χ4v) is 2.67. The van der Waals surface area contributed by atoms with Crippen molar-refractivity contribution in [3.05, 3.63) is 11.7 Å². The Labute approximate surface area is 122 Å². The number of hydrogen-bond donors (Lipinski definition) is 1. The SMILES string of the molecule is CCCC(c1noc(CC(C)CC)n1)N1CCNCC1. The highest BCUT2D eigenvalue weighted by Crippen LogP contribution is 2.24. The first kappa shape index (κ1) is 15.4. The molecule has 2 atom stereocenters. The molecule has 0 aliphatic carbocycles. The van der Waals surface area contributed by atoms with E-state index in [1.807, 2.05) is 0 Å². The van der Waals surface area contributed by atoms with Crippen molar-refractivity contribution in [1.82, 2.24) is 20.4 Å². The summed E-state index contributed by atoms with van der Waals surface area (Å²) >= 11 is 0. The van der Waals surface area contributed by atoms with Gasteiger partial charge in [0, 0.05) is 32.6 Å². The highest BCUT2D eigenvalue weighted by atomic mass is 16.5. The molecule has 2 rings (SSSR count). The Morgan fingerprint density at radius 3 is 2.70 bits per heavy atom. The Morgan fingerprint density at radius 2 is 2.05 bits per heavy atom. The van der Waals surface area contributed by atoms with Gasteiger partial charge in [-0.15, -0.1) is 0 Å². The van der Waals surface area contributed by atoms with Crippen LogP contribution in [0.4, 0.5) is 0 Å². The van der Waals surface area contributed by atoms with Crippen LogP contribution >= 0.6 is 0 Å². The fraction of sp³-hybridized carbons (Fsp3) is 0.867. The van der Waals surface area contributed by atoms with Crippen LogP contribution in [0.15, 0.2) is 4.52 Å². The van der Waals surface area contributed by atoms with Crippen LogP contribution in [-0.2, 0) is 6.42 Å². The van der Waals surface area contributed by atoms with Crippen LogP contribution in [-0.4, -0.2) is 41.2 Å². The molecule has 0 radical (unpaired) electrons. The summed E-state index contributed by atoms with van der Waals surface area (Å²) in [7, 11) is 0. The summed E-state index contributed by atoms with van der Waals surface area (Å²) in [6.07, 6.45) is 4.28. The minimum absolute atomic E-state index is 0.316. The average molecular weight is 280 g/mol. The molecule has 1 N–H and O–H groups in total. The van der Waals surface area contributed by atoms with Crippen LogP contribution in [0.2, 0.25) is 0 Å². The maximum Gasteiger partial charge on any atom is 0.226 e. The molecule has 0 amide bonds. The molecule has 2 unspecified atom stereocenters. The van der Waals surface area contributed by atoms with Crippen LogP contribution < -0.4 is 5.32 Å². The third kappa shape index (κ3) is 4.03. The predicted molar refractivity (Wildman–Crippen MR) is 79.5 cm³/mol. The summed E-state index contributed by atoms with van der Waals surface area (Å²) < 4.78 is 5.45. The van der Waals surface area contributed by atoms with Crippen LogP contribution in [0.5, 0.6) is 0 Å². The van der Waals surface area contributed by atoms with Crippen molar-refractivity contribution in [2.24, 2.45) is 5.92 Å². The molecule has 5 nitrogen and oxygen atoms in total. The molecule has 114 valence electrons. The van der Waals surface area contributed by atoms with Gasteiger partial charge in [0.15, 0.2) is 5.82 Å². The van der Waals surface area contributed by atoms with Crippen molar-refractivity contribution in [2.75, 3.05) is 26.2 Å². The van der Waals surface area contributed by atoms with Crippen LogP contribution in [0.3, 0.4) is 0 Å². The predicted octanol–water partition coefficient (Wildman–Crippen LogP) is 2.40. The fourth-order valence-electron chi connectivity index (χ4n) is 2.67. The van der Waals surface area contributed by atoms with Gasteiger partial charge in [-0.2, -0.15) is 4.98 Å². The summed E-state index contributed by atoms with van der Waals surface area (Å²) in [5.74, 6) is 2.28. The number of hydrogen-bond acceptors (Lipinski definition) is 5. The van der Waals surface area contributed by atoms with E-state index in [-0.39, 0.29) is 0 Å². The van der Waals surface area contributed by atoms with E-state index < -0.39 is 0 Å². The number of aromatic nitrogens is 2. The van der Waals surface area contributed by atoms with E-state index in [1.165, 1.54) is 0 Å². The zero-order valence-electron chi connectivity index (χ0n) is 13.1. The second-order valence-electron chi connectivity index (χ2n) is 5.85. The molecular weight excluding hydrogens is 252 g/mol. The lowest BCUT2D eigenvalue weighted by Gasteiger charge is -2.33. The summed E-state index contributed by atoms with van der Waals surface area (Å²) in [5.41, 5.74) is 0. The minimum Gasteiger partial charge on any atom is -0.339 e. The second kappa shape index (κ2) is 7.74. The Balaban J connectivity index is 2.04. The topological polar surface area (TPSA) is 54.2 Å². The number of rotatable bonds is 7. The van der Waals surface area contributed by atoms with E-state index in [1.54, 1.807) is 0 Å². The van der Waals surface area contributed by atoms with Gasteiger partial charge >= 0.3 is 0 Å². The molecule has 0 bridgehead atoms. The van der Waals surface area contributed by atoms with E-state index >= 15 is 0 Å². The Hall–Kier alpha value is -0.940. The molecule has 0 saturated carbocycles. The van der Waals surface area contributed by atoms with Crippen LogP contribution in [0, 0.1) is 5.92 Å². The molecule has 5 heteroatoms. The van der Waals surface area contributed by atoms with Gasteiger partial charge in [-0.3, -0.25) is 4.90 Å². The molecule has 1 aromatic rings. The van der Waals surface area contributed by atoms with Gasteiger partial charge in [-0.1, -0.05) is 38.8 Å². The van der Waals surface area contributed by atoms with Crippen LogP contribution in [0.25, 0.3) is 0 Å². The lowest BCUT2D eigenvalue weighted by Crippen LogP contribution is -2.45. The van der Waals surface area contributed by atoms with Gasteiger partial charge in [0.1, 0.15) is 0 Å². The van der Waals surface area contributed by atoms with E-state index in [4.69, 9.17) is 4.52 Å². The maximum atomic E-state index is 5.45. The van der Waals surface area contributed by atoms with Crippen molar-refractivity contribution < 1.29 is 4.52 Å². The summed E-state index contributed by atoms with van der Waals surface area (Å²) in [5, 5.41) is 7.65. The molecule has 0 aromatic carbocycles. The first-order chi connectivity index (χ1) is 9.74. The summed E-state index contributed by atoms with van der Waals surface area (Å²) in [6, 6.07) is 0.316. The van der Waals surface area contributed by atoms with Crippen molar-refractivity contribution in [1.29, 1.82) is 0 Å². The van der Waals surface area contributed by atoms with Crippen molar-refractivity contribution in [2.45, 2.75) is 52.5 Å². The molecule has 1 saturated heterocycles. The molecule has 2 heterocycles. The van der Waals surface area contributed by atoms with E-state index in [9.17, 15) is 0 Å². The zero-order chi connectivity index (χ0) is 14.4. The lowest BCUT2D eigenvalue weighted by molar-refractivity contribution is 0.155. The third-order valence-electron chi connectivity index (χ3n) is 4.16. The lowest BCUT2D eigenvalue weighted by atomic mass is 10.1. The smallest absolute Gasteiger partial charge is 0.226 e. The van der Waals surface area contributed by atoms with Gasteiger partial charge in [0.2, 0.25) is 5.89 Å². The first-order valence-corrected chi connectivity index (χ1v) is 8.01. The molecular formula is C15H28N4O. The van der Waals surface area contributed by atoms with E-state index in [2.05, 4.69) is 41.1 Å². The molecule has 1 aliphatic heterocycles. The monoisotopic (exact) mass is 280 g/mol. The normalized spacial score (nSPS) is 19.9. The minimum atomic E-state index is 0.316. The Morgan fingerprint density at radius 1 is 1.30 bits per heavy atom. The number of piperazine rings is 1. The largest absolute Gasteiger partial charge is 0.339 e. The zero-order valence-corrected chi connectivity index (χ0v) is 13.1. The molecule has 1 aliphatic rings. The second-order valence-corrected chi connectivity index (χ2v) is 5.85. The van der Waals surface area contributed by atoms with Gasteiger partial charge in [0.25, 0.3) is 0 Å². The molecule has 1 fully saturated rings.